The predicted octanol–water partition coefficient (Wildman–Crippen LogP) is 2.95. The van der Waals surface area contributed by atoms with E-state index in [1.807, 2.05) is 25.5 Å². The van der Waals surface area contributed by atoms with E-state index in [0.717, 1.165) is 44.8 Å². The largest absolute Gasteiger partial charge is 0.494 e. The van der Waals surface area contributed by atoms with Crippen molar-refractivity contribution in [2.24, 2.45) is 5.92 Å². The molecule has 25 heavy (non-hydrogen) atoms. The number of benzene rings is 1. The van der Waals surface area contributed by atoms with E-state index < -0.39 is 5.60 Å². The fraction of sp³-hybridized carbons (Fsp3) is 0.550. The fourth-order valence-corrected chi connectivity index (χ4v) is 3.30. The highest BCUT2D eigenvalue weighted by Gasteiger charge is 2.34. The third-order valence-electron chi connectivity index (χ3n) is 5.22. The molecule has 0 spiro atoms. The van der Waals surface area contributed by atoms with Crippen LogP contribution in [0.15, 0.2) is 43.0 Å². The summed E-state index contributed by atoms with van der Waals surface area (Å²) in [5.74, 6) is 1.23. The SMILES string of the molecule is C[C@@H]1CN(Cc2cccc(OCCCn3ccnc3)c2)CC[C@]1(C)O. The molecule has 3 rings (SSSR count). The quantitative estimate of drug-likeness (QED) is 0.786. The number of ether oxygens (including phenoxy) is 1. The molecule has 1 N–H and O–H groups in total. The molecule has 1 aromatic carbocycles. The first-order chi connectivity index (χ1) is 12.0. The summed E-state index contributed by atoms with van der Waals surface area (Å²) < 4.78 is 7.96. The first-order valence-corrected chi connectivity index (χ1v) is 9.15. The molecule has 0 amide bonds. The average molecular weight is 343 g/mol. The van der Waals surface area contributed by atoms with Gasteiger partial charge in [-0.2, -0.15) is 0 Å². The molecular weight excluding hydrogens is 314 g/mol. The lowest BCUT2D eigenvalue weighted by Crippen LogP contribution is -2.48. The lowest BCUT2D eigenvalue weighted by Gasteiger charge is -2.41. The monoisotopic (exact) mass is 343 g/mol. The van der Waals surface area contributed by atoms with E-state index in [-0.39, 0.29) is 0 Å². The number of aromatic nitrogens is 2. The molecule has 0 saturated carbocycles. The smallest absolute Gasteiger partial charge is 0.119 e. The molecule has 0 unspecified atom stereocenters. The molecule has 1 aliphatic heterocycles. The summed E-state index contributed by atoms with van der Waals surface area (Å²) in [5, 5.41) is 10.3. The summed E-state index contributed by atoms with van der Waals surface area (Å²) in [6.45, 7) is 8.48. The van der Waals surface area contributed by atoms with E-state index in [1.165, 1.54) is 5.56 Å². The summed E-state index contributed by atoms with van der Waals surface area (Å²) in [5.41, 5.74) is 0.734. The normalized spacial score (nSPS) is 24.4. The third-order valence-corrected chi connectivity index (χ3v) is 5.22. The Labute approximate surface area is 150 Å². The van der Waals surface area contributed by atoms with Crippen molar-refractivity contribution in [1.82, 2.24) is 14.5 Å². The van der Waals surface area contributed by atoms with Crippen LogP contribution in [0.4, 0.5) is 0 Å². The van der Waals surface area contributed by atoms with Gasteiger partial charge in [0.15, 0.2) is 0 Å². The van der Waals surface area contributed by atoms with Gasteiger partial charge in [-0.15, -0.1) is 0 Å². The number of nitrogens with zero attached hydrogens (tertiary/aromatic N) is 3. The Bertz CT molecular complexity index is 655. The van der Waals surface area contributed by atoms with Gasteiger partial charge in [0, 0.05) is 38.6 Å². The Morgan fingerprint density at radius 3 is 3.04 bits per heavy atom. The van der Waals surface area contributed by atoms with Crippen molar-refractivity contribution >= 4 is 0 Å². The van der Waals surface area contributed by atoms with Crippen molar-refractivity contribution < 1.29 is 9.84 Å². The van der Waals surface area contributed by atoms with Crippen LogP contribution in [-0.4, -0.2) is 44.9 Å². The van der Waals surface area contributed by atoms with Crippen molar-refractivity contribution in [2.45, 2.75) is 45.4 Å². The molecule has 2 atom stereocenters. The minimum Gasteiger partial charge on any atom is -0.494 e. The van der Waals surface area contributed by atoms with E-state index in [0.29, 0.717) is 12.5 Å². The van der Waals surface area contributed by atoms with Gasteiger partial charge in [0.2, 0.25) is 0 Å². The maximum absolute atomic E-state index is 10.3. The molecule has 0 bridgehead atoms. The number of hydrogen-bond acceptors (Lipinski definition) is 4. The molecule has 0 aliphatic carbocycles. The fourth-order valence-electron chi connectivity index (χ4n) is 3.30. The second kappa shape index (κ2) is 8.02. The van der Waals surface area contributed by atoms with E-state index in [1.54, 1.807) is 6.20 Å². The van der Waals surface area contributed by atoms with Crippen LogP contribution in [0.5, 0.6) is 5.75 Å². The molecule has 0 radical (unpaired) electrons. The van der Waals surface area contributed by atoms with Crippen molar-refractivity contribution in [3.05, 3.63) is 48.5 Å². The highest BCUT2D eigenvalue weighted by Crippen LogP contribution is 2.28. The van der Waals surface area contributed by atoms with Crippen LogP contribution in [0.3, 0.4) is 0 Å². The summed E-state index contributed by atoms with van der Waals surface area (Å²) >= 11 is 0. The highest BCUT2D eigenvalue weighted by molar-refractivity contribution is 5.28. The van der Waals surface area contributed by atoms with Crippen molar-refractivity contribution in [1.29, 1.82) is 0 Å². The summed E-state index contributed by atoms with van der Waals surface area (Å²) in [6.07, 6.45) is 7.39. The van der Waals surface area contributed by atoms with Crippen LogP contribution in [0.2, 0.25) is 0 Å². The number of likely N-dealkylation sites (tertiary alicyclic amines) is 1. The Morgan fingerprint density at radius 2 is 2.28 bits per heavy atom. The van der Waals surface area contributed by atoms with Gasteiger partial charge >= 0.3 is 0 Å². The Hall–Kier alpha value is -1.85. The number of aliphatic hydroxyl groups is 1. The van der Waals surface area contributed by atoms with E-state index >= 15 is 0 Å². The van der Waals surface area contributed by atoms with Gasteiger partial charge in [0.05, 0.1) is 18.5 Å². The summed E-state index contributed by atoms with van der Waals surface area (Å²) in [7, 11) is 0. The standard InChI is InChI=1S/C20H29N3O2/c1-17-14-23(10-7-20(17,2)24)15-18-5-3-6-19(13-18)25-12-4-9-22-11-8-21-16-22/h3,5-6,8,11,13,16-17,24H,4,7,9-10,12,14-15H2,1-2H3/t17-,20+/m1/s1. The number of rotatable bonds is 7. The van der Waals surface area contributed by atoms with E-state index in [2.05, 4.69) is 39.6 Å². The molecule has 1 aliphatic rings. The minimum absolute atomic E-state index is 0.295. The van der Waals surface area contributed by atoms with Crippen LogP contribution in [0, 0.1) is 5.92 Å². The van der Waals surface area contributed by atoms with Gasteiger partial charge in [-0.1, -0.05) is 19.1 Å². The Balaban J connectivity index is 1.46. The summed E-state index contributed by atoms with van der Waals surface area (Å²) in [4.78, 5) is 6.46. The topological polar surface area (TPSA) is 50.5 Å². The molecule has 5 nitrogen and oxygen atoms in total. The lowest BCUT2D eigenvalue weighted by atomic mass is 9.84. The molecule has 2 aromatic rings. The van der Waals surface area contributed by atoms with Gasteiger partial charge in [-0.3, -0.25) is 4.90 Å². The van der Waals surface area contributed by atoms with Gasteiger partial charge in [-0.05, 0) is 43.4 Å². The van der Waals surface area contributed by atoms with Crippen molar-refractivity contribution in [3.8, 4) is 5.75 Å². The average Bonchev–Trinajstić information content (AvgIpc) is 3.09. The molecule has 1 fully saturated rings. The van der Waals surface area contributed by atoms with Gasteiger partial charge in [0.1, 0.15) is 5.75 Å². The van der Waals surface area contributed by atoms with E-state index in [9.17, 15) is 5.11 Å². The second-order valence-corrected chi connectivity index (χ2v) is 7.39. The number of aryl methyl sites for hydroxylation is 1. The lowest BCUT2D eigenvalue weighted by molar-refractivity contribution is -0.0524. The zero-order valence-corrected chi connectivity index (χ0v) is 15.3. The molecule has 136 valence electrons. The van der Waals surface area contributed by atoms with E-state index in [4.69, 9.17) is 4.74 Å². The third kappa shape index (κ3) is 5.06. The molecule has 5 heteroatoms. The molecule has 1 saturated heterocycles. The second-order valence-electron chi connectivity index (χ2n) is 7.39. The van der Waals surface area contributed by atoms with Crippen molar-refractivity contribution in [2.75, 3.05) is 19.7 Å². The Kier molecular flexibility index (Phi) is 5.76. The number of hydrogen-bond donors (Lipinski definition) is 1. The number of imidazole rings is 1. The zero-order chi connectivity index (χ0) is 17.7. The van der Waals surface area contributed by atoms with Crippen LogP contribution in [0.1, 0.15) is 32.3 Å². The molecule has 2 heterocycles. The highest BCUT2D eigenvalue weighted by atomic mass is 16.5. The minimum atomic E-state index is -0.531. The van der Waals surface area contributed by atoms with Crippen molar-refractivity contribution in [3.63, 3.8) is 0 Å². The first-order valence-electron chi connectivity index (χ1n) is 9.15. The summed E-state index contributed by atoms with van der Waals surface area (Å²) in [6, 6.07) is 8.36. The predicted molar refractivity (Wildman–Crippen MR) is 98.5 cm³/mol. The van der Waals surface area contributed by atoms with Crippen LogP contribution < -0.4 is 4.74 Å². The Morgan fingerprint density at radius 1 is 1.40 bits per heavy atom. The van der Waals surface area contributed by atoms with Crippen LogP contribution in [-0.2, 0) is 13.1 Å². The molecule has 1 aromatic heterocycles. The van der Waals surface area contributed by atoms with Gasteiger partial charge in [0.25, 0.3) is 0 Å². The van der Waals surface area contributed by atoms with Gasteiger partial charge in [-0.25, -0.2) is 4.98 Å². The maximum Gasteiger partial charge on any atom is 0.119 e. The van der Waals surface area contributed by atoms with Crippen LogP contribution in [0.25, 0.3) is 0 Å². The first kappa shape index (κ1) is 18.0. The maximum atomic E-state index is 10.3. The zero-order valence-electron chi connectivity index (χ0n) is 15.3. The van der Waals surface area contributed by atoms with Crippen LogP contribution >= 0.6 is 0 Å². The van der Waals surface area contributed by atoms with Gasteiger partial charge < -0.3 is 14.4 Å². The molecular formula is C20H29N3O2. The number of piperidine rings is 1.